The predicted octanol–water partition coefficient (Wildman–Crippen LogP) is 4.06. The van der Waals surface area contributed by atoms with Gasteiger partial charge in [0, 0.05) is 25.0 Å². The van der Waals surface area contributed by atoms with Crippen molar-refractivity contribution >= 4 is 35.0 Å². The number of halogens is 2. The van der Waals surface area contributed by atoms with Crippen LogP contribution in [0.1, 0.15) is 5.82 Å². The van der Waals surface area contributed by atoms with Crippen molar-refractivity contribution in [2.45, 2.75) is 10.9 Å². The summed E-state index contributed by atoms with van der Waals surface area (Å²) in [6.07, 6.45) is 4.99. The molecule has 10 heteroatoms. The third-order valence-electron chi connectivity index (χ3n) is 3.85. The van der Waals surface area contributed by atoms with Crippen LogP contribution in [0.15, 0.2) is 54.2 Å². The monoisotopic (exact) mass is 417 g/mol. The third kappa shape index (κ3) is 3.69. The molecule has 27 heavy (non-hydrogen) atoms. The predicted molar refractivity (Wildman–Crippen MR) is 105 cm³/mol. The summed E-state index contributed by atoms with van der Waals surface area (Å²) in [5, 5.41) is 14.5. The van der Waals surface area contributed by atoms with Crippen molar-refractivity contribution in [3.63, 3.8) is 0 Å². The highest BCUT2D eigenvalue weighted by Gasteiger charge is 2.18. The molecule has 0 saturated heterocycles. The second kappa shape index (κ2) is 7.67. The van der Waals surface area contributed by atoms with E-state index >= 15 is 0 Å². The normalized spacial score (nSPS) is 11.1. The minimum absolute atomic E-state index is 0.462. The van der Waals surface area contributed by atoms with Crippen LogP contribution in [0.3, 0.4) is 0 Å². The molecule has 4 rings (SSSR count). The molecule has 3 heterocycles. The molecule has 0 saturated carbocycles. The Balaban J connectivity index is 1.78. The molecule has 0 spiro atoms. The Morgan fingerprint density at radius 1 is 1.11 bits per heavy atom. The van der Waals surface area contributed by atoms with E-state index in [1.807, 2.05) is 29.8 Å². The van der Waals surface area contributed by atoms with Crippen molar-refractivity contribution in [3.05, 3.63) is 64.9 Å². The smallest absolute Gasteiger partial charge is 0.196 e. The zero-order valence-corrected chi connectivity index (χ0v) is 16.4. The van der Waals surface area contributed by atoms with Gasteiger partial charge in [-0.15, -0.1) is 10.2 Å². The van der Waals surface area contributed by atoms with Gasteiger partial charge in [-0.1, -0.05) is 35.0 Å². The van der Waals surface area contributed by atoms with Crippen molar-refractivity contribution in [2.75, 3.05) is 0 Å². The number of benzene rings is 1. The number of nitrogens with zero attached hydrogens (tertiary/aromatic N) is 7. The number of hydrogen-bond acceptors (Lipinski definition) is 6. The van der Waals surface area contributed by atoms with E-state index in [9.17, 15) is 0 Å². The van der Waals surface area contributed by atoms with Crippen LogP contribution in [0.25, 0.3) is 17.1 Å². The zero-order chi connectivity index (χ0) is 18.8. The van der Waals surface area contributed by atoms with Crippen LogP contribution >= 0.6 is 35.0 Å². The molecular weight excluding hydrogens is 405 g/mol. The maximum atomic E-state index is 6.23. The van der Waals surface area contributed by atoms with Crippen LogP contribution in [0, 0.1) is 0 Å². The van der Waals surface area contributed by atoms with E-state index in [1.165, 1.54) is 18.1 Å². The molecule has 0 fully saturated rings. The number of rotatable bonds is 5. The Hall–Kier alpha value is -2.42. The van der Waals surface area contributed by atoms with Gasteiger partial charge in [-0.3, -0.25) is 14.2 Å². The Morgan fingerprint density at radius 2 is 2.00 bits per heavy atom. The highest BCUT2D eigenvalue weighted by Crippen LogP contribution is 2.32. The molecule has 0 aliphatic heterocycles. The lowest BCUT2D eigenvalue weighted by Crippen LogP contribution is -2.02. The highest BCUT2D eigenvalue weighted by atomic mass is 35.5. The van der Waals surface area contributed by atoms with Crippen molar-refractivity contribution in [3.8, 4) is 17.1 Å². The topological polar surface area (TPSA) is 74.3 Å². The van der Waals surface area contributed by atoms with E-state index in [0.29, 0.717) is 26.8 Å². The molecule has 7 nitrogen and oxygen atoms in total. The van der Waals surface area contributed by atoms with Gasteiger partial charge in [0.2, 0.25) is 0 Å². The largest absolute Gasteiger partial charge is 0.270 e. The molecule has 0 bridgehead atoms. The summed E-state index contributed by atoms with van der Waals surface area (Å²) in [6, 6.07) is 9.21. The fourth-order valence-electron chi connectivity index (χ4n) is 2.48. The van der Waals surface area contributed by atoms with Gasteiger partial charge in [0.25, 0.3) is 0 Å². The van der Waals surface area contributed by atoms with Gasteiger partial charge in [0.15, 0.2) is 11.0 Å². The van der Waals surface area contributed by atoms with Gasteiger partial charge in [-0.25, -0.2) is 4.98 Å². The number of thioether (sulfide) groups is 1. The number of aryl methyl sites for hydroxylation is 1. The molecule has 0 aliphatic carbocycles. The zero-order valence-electron chi connectivity index (χ0n) is 14.1. The summed E-state index contributed by atoms with van der Waals surface area (Å²) in [7, 11) is 1.85. The van der Waals surface area contributed by atoms with E-state index in [0.717, 1.165) is 17.1 Å². The Labute approximate surface area is 169 Å². The number of pyridine rings is 1. The summed E-state index contributed by atoms with van der Waals surface area (Å²) in [5.41, 5.74) is 1.66. The molecule has 0 atom stereocenters. The van der Waals surface area contributed by atoms with Crippen molar-refractivity contribution < 1.29 is 0 Å². The number of hydrogen-bond donors (Lipinski definition) is 0. The second-order valence-electron chi connectivity index (χ2n) is 5.57. The molecule has 3 aromatic heterocycles. The molecule has 4 aromatic rings. The first-order valence-electron chi connectivity index (χ1n) is 7.90. The minimum atomic E-state index is 0.462. The van der Waals surface area contributed by atoms with Gasteiger partial charge in [-0.05, 0) is 30.3 Å². The lowest BCUT2D eigenvalue weighted by Gasteiger charge is -2.11. The van der Waals surface area contributed by atoms with Crippen LogP contribution < -0.4 is 0 Å². The van der Waals surface area contributed by atoms with E-state index in [1.54, 1.807) is 29.2 Å². The summed E-state index contributed by atoms with van der Waals surface area (Å²) >= 11 is 13.8. The van der Waals surface area contributed by atoms with E-state index < -0.39 is 0 Å². The fraction of sp³-hybridized carbons (Fsp3) is 0.118. The van der Waals surface area contributed by atoms with E-state index in [-0.39, 0.29) is 0 Å². The minimum Gasteiger partial charge on any atom is -0.270 e. The average molecular weight is 418 g/mol. The maximum Gasteiger partial charge on any atom is 0.196 e. The summed E-state index contributed by atoms with van der Waals surface area (Å²) in [5.74, 6) is 2.11. The van der Waals surface area contributed by atoms with E-state index in [4.69, 9.17) is 23.2 Å². The first-order valence-corrected chi connectivity index (χ1v) is 9.64. The van der Waals surface area contributed by atoms with Crippen molar-refractivity contribution in [1.82, 2.24) is 34.5 Å². The lowest BCUT2D eigenvalue weighted by molar-refractivity contribution is 0.729. The van der Waals surface area contributed by atoms with Gasteiger partial charge in [0.05, 0.1) is 21.5 Å². The number of aromatic nitrogens is 7. The maximum absolute atomic E-state index is 6.23. The molecule has 0 radical (unpaired) electrons. The first-order chi connectivity index (χ1) is 13.1. The Bertz CT molecular complexity index is 1080. The van der Waals surface area contributed by atoms with E-state index in [2.05, 4.69) is 25.3 Å². The third-order valence-corrected chi connectivity index (χ3v) is 5.51. The lowest BCUT2D eigenvalue weighted by atomic mass is 10.2. The molecular formula is C17H13Cl2N7S. The van der Waals surface area contributed by atoms with Crippen LogP contribution in [0.4, 0.5) is 0 Å². The standard InChI is InChI=1S/C17H13Cl2N7S/c1-25-15(21-10-22-25)9-27-17-24-23-16(11-3-2-6-20-8-11)26(17)12-4-5-13(18)14(19)7-12/h2-8,10H,9H2,1H3. The summed E-state index contributed by atoms with van der Waals surface area (Å²) in [4.78, 5) is 8.43. The van der Waals surface area contributed by atoms with Crippen molar-refractivity contribution in [2.24, 2.45) is 7.05 Å². The fourth-order valence-corrected chi connectivity index (χ4v) is 3.71. The quantitative estimate of drug-likeness (QED) is 0.455. The Kier molecular flexibility index (Phi) is 5.11. The van der Waals surface area contributed by atoms with Crippen LogP contribution in [0.5, 0.6) is 0 Å². The van der Waals surface area contributed by atoms with Crippen molar-refractivity contribution in [1.29, 1.82) is 0 Å². The van der Waals surface area contributed by atoms with Gasteiger partial charge in [-0.2, -0.15) is 5.10 Å². The van der Waals surface area contributed by atoms with Gasteiger partial charge >= 0.3 is 0 Å². The molecule has 1 aromatic carbocycles. The summed E-state index contributed by atoms with van der Waals surface area (Å²) < 4.78 is 3.66. The molecule has 0 amide bonds. The van der Waals surface area contributed by atoms with Crippen LogP contribution in [-0.2, 0) is 12.8 Å². The molecule has 0 N–H and O–H groups in total. The molecule has 0 unspecified atom stereocenters. The van der Waals surface area contributed by atoms with Gasteiger partial charge in [0.1, 0.15) is 12.2 Å². The van der Waals surface area contributed by atoms with Crippen LogP contribution in [-0.4, -0.2) is 34.5 Å². The SMILES string of the molecule is Cn1ncnc1CSc1nnc(-c2cccnc2)n1-c1ccc(Cl)c(Cl)c1. The first kappa shape index (κ1) is 18.0. The Morgan fingerprint density at radius 3 is 2.70 bits per heavy atom. The second-order valence-corrected chi connectivity index (χ2v) is 7.33. The molecule has 136 valence electrons. The van der Waals surface area contributed by atoms with Crippen LogP contribution in [0.2, 0.25) is 10.0 Å². The molecule has 0 aliphatic rings. The highest BCUT2D eigenvalue weighted by molar-refractivity contribution is 7.98. The average Bonchev–Trinajstić information content (AvgIpc) is 3.29. The van der Waals surface area contributed by atoms with Gasteiger partial charge < -0.3 is 0 Å². The summed E-state index contributed by atoms with van der Waals surface area (Å²) in [6.45, 7) is 0.